The zero-order valence-electron chi connectivity index (χ0n) is 10.7. The van der Waals surface area contributed by atoms with Gasteiger partial charge in [-0.2, -0.15) is 8.42 Å². The highest BCUT2D eigenvalue weighted by molar-refractivity contribution is 7.85. The molecule has 6 nitrogen and oxygen atoms in total. The molecule has 1 aliphatic rings. The number of hydrogen-bond acceptors (Lipinski definition) is 4. The molecule has 0 saturated heterocycles. The lowest BCUT2D eigenvalue weighted by atomic mass is 9.93. The van der Waals surface area contributed by atoms with Gasteiger partial charge in [0.05, 0.1) is 6.26 Å². The molecule has 2 N–H and O–H groups in total. The molecule has 0 aliphatic heterocycles. The summed E-state index contributed by atoms with van der Waals surface area (Å²) in [6.07, 6.45) is 3.85. The zero-order valence-corrected chi connectivity index (χ0v) is 11.5. The second kappa shape index (κ2) is 6.20. The van der Waals surface area contributed by atoms with Crippen LogP contribution < -0.4 is 5.32 Å². The Morgan fingerprint density at radius 2 is 1.76 bits per heavy atom. The van der Waals surface area contributed by atoms with Crippen LogP contribution in [-0.2, 0) is 14.9 Å². The lowest BCUT2D eigenvalue weighted by molar-refractivity contribution is 0.0480. The summed E-state index contributed by atoms with van der Waals surface area (Å²) in [6, 6.07) is 0.361. The van der Waals surface area contributed by atoms with Crippen LogP contribution in [0.5, 0.6) is 0 Å². The Morgan fingerprint density at radius 1 is 1.35 bits per heavy atom. The monoisotopic (exact) mass is 267 g/mol. The number of carbonyl (C=O) groups is 1. The summed E-state index contributed by atoms with van der Waals surface area (Å²) in [5, 5.41) is 2.81. The first-order chi connectivity index (χ1) is 7.47. The summed E-state index contributed by atoms with van der Waals surface area (Å²) < 4.78 is 31.0. The molecule has 1 rings (SSSR count). The molecule has 7 heteroatoms. The highest BCUT2D eigenvalue weighted by Gasteiger charge is 2.22. The maximum absolute atomic E-state index is 11.1. The van der Waals surface area contributed by atoms with E-state index >= 15 is 0 Å². The van der Waals surface area contributed by atoms with E-state index in [1.165, 1.54) is 6.42 Å². The van der Waals surface area contributed by atoms with Gasteiger partial charge >= 0.3 is 6.09 Å². The van der Waals surface area contributed by atoms with Crippen LogP contribution in [0.1, 0.15) is 40.0 Å². The minimum Gasteiger partial charge on any atom is -0.444 e. The van der Waals surface area contributed by atoms with Gasteiger partial charge < -0.3 is 10.1 Å². The minimum atomic E-state index is -3.67. The summed E-state index contributed by atoms with van der Waals surface area (Å²) in [6.45, 7) is 5.61. The SMILES string of the molecule is CC(C)(C)OC(=O)NC1CCC1.CS(=O)(=O)O. The predicted octanol–water partition coefficient (Wildman–Crippen LogP) is 1.57. The fourth-order valence-corrected chi connectivity index (χ4v) is 1.03. The number of nitrogens with one attached hydrogen (secondary N) is 1. The summed E-state index contributed by atoms with van der Waals surface area (Å²) in [7, 11) is -3.67. The van der Waals surface area contributed by atoms with Gasteiger partial charge in [-0.25, -0.2) is 4.79 Å². The molecule has 0 bridgehead atoms. The van der Waals surface area contributed by atoms with Gasteiger partial charge in [-0.3, -0.25) is 4.55 Å². The second-order valence-corrected chi connectivity index (χ2v) is 6.47. The molecule has 1 aliphatic carbocycles. The first-order valence-corrected chi connectivity index (χ1v) is 7.24. The van der Waals surface area contributed by atoms with Crippen molar-refractivity contribution in [2.45, 2.75) is 51.7 Å². The van der Waals surface area contributed by atoms with Gasteiger partial charge in [-0.1, -0.05) is 0 Å². The Kier molecular flexibility index (Phi) is 5.91. The molecule has 1 amide bonds. The molecule has 0 atom stereocenters. The lowest BCUT2D eigenvalue weighted by Gasteiger charge is -2.28. The van der Waals surface area contributed by atoms with E-state index in [0.717, 1.165) is 12.8 Å². The van der Waals surface area contributed by atoms with Crippen LogP contribution in [0, 0.1) is 0 Å². The first-order valence-electron chi connectivity index (χ1n) is 5.39. The third kappa shape index (κ3) is 13.1. The number of carbonyl (C=O) groups excluding carboxylic acids is 1. The van der Waals surface area contributed by atoms with Crippen molar-refractivity contribution in [2.24, 2.45) is 0 Å². The topological polar surface area (TPSA) is 92.7 Å². The Hall–Kier alpha value is -0.820. The van der Waals surface area contributed by atoms with Crippen LogP contribution in [0.4, 0.5) is 4.79 Å². The molecule has 0 aromatic rings. The van der Waals surface area contributed by atoms with Gasteiger partial charge in [0.15, 0.2) is 0 Å². The van der Waals surface area contributed by atoms with Crippen molar-refractivity contribution >= 4 is 16.2 Å². The highest BCUT2D eigenvalue weighted by Crippen LogP contribution is 2.18. The average Bonchev–Trinajstić information content (AvgIpc) is 1.89. The largest absolute Gasteiger partial charge is 0.444 e. The molecule has 0 spiro atoms. The lowest BCUT2D eigenvalue weighted by Crippen LogP contribution is -2.42. The smallest absolute Gasteiger partial charge is 0.407 e. The molecule has 1 saturated carbocycles. The summed E-state index contributed by atoms with van der Waals surface area (Å²) in [5.41, 5.74) is -0.381. The van der Waals surface area contributed by atoms with Gasteiger partial charge in [-0.15, -0.1) is 0 Å². The van der Waals surface area contributed by atoms with Crippen LogP contribution in [0.3, 0.4) is 0 Å². The van der Waals surface area contributed by atoms with Crippen LogP contribution in [-0.4, -0.2) is 37.0 Å². The summed E-state index contributed by atoms with van der Waals surface area (Å²) in [5.74, 6) is 0. The first kappa shape index (κ1) is 16.2. The van der Waals surface area contributed by atoms with Crippen molar-refractivity contribution in [3.63, 3.8) is 0 Å². The average molecular weight is 267 g/mol. The summed E-state index contributed by atoms with van der Waals surface area (Å²) in [4.78, 5) is 11.1. The molecule has 1 fully saturated rings. The number of hydrogen-bond donors (Lipinski definition) is 2. The highest BCUT2D eigenvalue weighted by atomic mass is 32.2. The number of amides is 1. The van der Waals surface area contributed by atoms with Gasteiger partial charge in [-0.05, 0) is 40.0 Å². The van der Waals surface area contributed by atoms with E-state index in [2.05, 4.69) is 5.32 Å². The Balaban J connectivity index is 0.000000437. The van der Waals surface area contributed by atoms with Crippen molar-refractivity contribution in [2.75, 3.05) is 6.26 Å². The number of alkyl carbamates (subject to hydrolysis) is 1. The van der Waals surface area contributed by atoms with Gasteiger partial charge in [0.1, 0.15) is 5.60 Å². The molecular weight excluding hydrogens is 246 g/mol. The second-order valence-electron chi connectivity index (χ2n) is 5.01. The van der Waals surface area contributed by atoms with Crippen molar-refractivity contribution in [1.82, 2.24) is 5.32 Å². The van der Waals surface area contributed by atoms with E-state index in [1.54, 1.807) is 0 Å². The van der Waals surface area contributed by atoms with Crippen LogP contribution in [0.15, 0.2) is 0 Å². The molecule has 0 aromatic heterocycles. The maximum Gasteiger partial charge on any atom is 0.407 e. The van der Waals surface area contributed by atoms with E-state index in [0.29, 0.717) is 12.3 Å². The summed E-state index contributed by atoms with van der Waals surface area (Å²) >= 11 is 0. The normalized spacial score (nSPS) is 16.3. The van der Waals surface area contributed by atoms with E-state index in [9.17, 15) is 13.2 Å². The third-order valence-corrected chi connectivity index (χ3v) is 1.83. The molecule has 17 heavy (non-hydrogen) atoms. The predicted molar refractivity (Wildman–Crippen MR) is 64.5 cm³/mol. The van der Waals surface area contributed by atoms with Crippen molar-refractivity contribution in [1.29, 1.82) is 0 Å². The van der Waals surface area contributed by atoms with E-state index < -0.39 is 10.1 Å². The van der Waals surface area contributed by atoms with Gasteiger partial charge in [0, 0.05) is 6.04 Å². The maximum atomic E-state index is 11.1. The molecule has 0 unspecified atom stereocenters. The van der Waals surface area contributed by atoms with Crippen LogP contribution in [0.25, 0.3) is 0 Å². The molecular formula is C10H21NO5S. The zero-order chi connectivity index (χ0) is 13.7. The molecule has 102 valence electrons. The van der Waals surface area contributed by atoms with Gasteiger partial charge in [0.25, 0.3) is 10.1 Å². The fraction of sp³-hybridized carbons (Fsp3) is 0.900. The quantitative estimate of drug-likeness (QED) is 0.703. The molecule has 0 aromatic carbocycles. The van der Waals surface area contributed by atoms with E-state index in [4.69, 9.17) is 9.29 Å². The van der Waals surface area contributed by atoms with Crippen LogP contribution in [0.2, 0.25) is 0 Å². The minimum absolute atomic E-state index is 0.285. The van der Waals surface area contributed by atoms with E-state index in [1.807, 2.05) is 20.8 Å². The molecule has 0 radical (unpaired) electrons. The Morgan fingerprint density at radius 3 is 2.00 bits per heavy atom. The fourth-order valence-electron chi connectivity index (χ4n) is 1.03. The van der Waals surface area contributed by atoms with Crippen molar-refractivity contribution in [3.05, 3.63) is 0 Å². The van der Waals surface area contributed by atoms with Crippen LogP contribution >= 0.6 is 0 Å². The van der Waals surface area contributed by atoms with Gasteiger partial charge in [0.2, 0.25) is 0 Å². The Bertz CT molecular complexity index is 332. The van der Waals surface area contributed by atoms with E-state index in [-0.39, 0.29) is 11.7 Å². The molecule has 0 heterocycles. The third-order valence-electron chi connectivity index (χ3n) is 1.83. The number of rotatable bonds is 1. The Labute approximate surface area is 102 Å². The van der Waals surface area contributed by atoms with Crippen molar-refractivity contribution in [3.8, 4) is 0 Å². The standard InChI is InChI=1S/C9H17NO2.CH4O3S/c1-9(2,3)12-8(11)10-7-5-4-6-7;1-5(2,3)4/h7H,4-6H2,1-3H3,(H,10,11);1H3,(H,2,3,4). The number of ether oxygens (including phenoxy) is 1. The van der Waals surface area contributed by atoms with Crippen molar-refractivity contribution < 1.29 is 22.5 Å².